The number of nitrogens with two attached hydrogens (primary N) is 1. The minimum atomic E-state index is 0.356. The fourth-order valence-corrected chi connectivity index (χ4v) is 1.67. The summed E-state index contributed by atoms with van der Waals surface area (Å²) in [5.41, 5.74) is 7.25. The average molecular weight is 247 g/mol. The van der Waals surface area contributed by atoms with Crippen molar-refractivity contribution in [2.75, 3.05) is 5.32 Å². The fraction of sp³-hybridized carbons (Fsp3) is 0.182. The van der Waals surface area contributed by atoms with Crippen LogP contribution < -0.4 is 11.1 Å². The van der Waals surface area contributed by atoms with Gasteiger partial charge in [0.1, 0.15) is 10.8 Å². The number of hydrogen-bond donors (Lipinski definition) is 2. The maximum Gasteiger partial charge on any atom is 0.127 e. The Kier molecular flexibility index (Phi) is 3.34. The van der Waals surface area contributed by atoms with E-state index in [2.05, 4.69) is 15.3 Å². The molecule has 2 aromatic heterocycles. The van der Waals surface area contributed by atoms with Gasteiger partial charge in [-0.05, 0) is 6.07 Å². The van der Waals surface area contributed by atoms with Gasteiger partial charge in [0.25, 0.3) is 0 Å². The quantitative estimate of drug-likeness (QED) is 0.791. The summed E-state index contributed by atoms with van der Waals surface area (Å²) in [6.45, 7) is 0.602. The molecule has 2 heterocycles. The Balaban J connectivity index is 2.14. The zero-order valence-corrected chi connectivity index (χ0v) is 10.2. The standard InChI is InChI=1S/C11H13N5S/c1-16-5-4-14-10(16)7-15-9-6-13-3-2-8(9)11(12)17/h2-6,15H,7H2,1H3,(H2,12,17). The van der Waals surface area contributed by atoms with Crippen LogP contribution in [0.1, 0.15) is 11.4 Å². The van der Waals surface area contributed by atoms with Crippen molar-refractivity contribution in [2.24, 2.45) is 12.8 Å². The van der Waals surface area contributed by atoms with Gasteiger partial charge in [0, 0.05) is 31.2 Å². The first kappa shape index (κ1) is 11.5. The van der Waals surface area contributed by atoms with Gasteiger partial charge >= 0.3 is 0 Å². The molecular formula is C11H13N5S. The number of pyridine rings is 1. The van der Waals surface area contributed by atoms with Crippen LogP contribution in [-0.4, -0.2) is 19.5 Å². The van der Waals surface area contributed by atoms with Crippen molar-refractivity contribution >= 4 is 22.9 Å². The van der Waals surface area contributed by atoms with Crippen LogP contribution in [0.25, 0.3) is 0 Å². The van der Waals surface area contributed by atoms with E-state index in [9.17, 15) is 0 Å². The molecule has 0 fully saturated rings. The third-order valence-corrected chi connectivity index (χ3v) is 2.66. The van der Waals surface area contributed by atoms with Gasteiger partial charge in [-0.3, -0.25) is 4.98 Å². The molecule has 0 aliphatic heterocycles. The summed E-state index contributed by atoms with van der Waals surface area (Å²) >= 11 is 4.98. The minimum absolute atomic E-state index is 0.356. The summed E-state index contributed by atoms with van der Waals surface area (Å²) in [6.07, 6.45) is 7.03. The molecule has 6 heteroatoms. The Labute approximate surface area is 105 Å². The summed E-state index contributed by atoms with van der Waals surface area (Å²) in [4.78, 5) is 8.62. The molecule has 88 valence electrons. The van der Waals surface area contributed by atoms with Gasteiger partial charge in [-0.25, -0.2) is 4.98 Å². The molecule has 0 aliphatic rings. The lowest BCUT2D eigenvalue weighted by molar-refractivity contribution is 0.812. The summed E-state index contributed by atoms with van der Waals surface area (Å²) in [5, 5.41) is 3.22. The summed E-state index contributed by atoms with van der Waals surface area (Å²) in [7, 11) is 1.95. The molecule has 0 saturated carbocycles. The summed E-state index contributed by atoms with van der Waals surface area (Å²) < 4.78 is 1.95. The predicted octanol–water partition coefficient (Wildman–Crippen LogP) is 1.06. The highest BCUT2D eigenvalue weighted by Crippen LogP contribution is 2.13. The second-order valence-corrected chi connectivity index (χ2v) is 4.03. The second kappa shape index (κ2) is 4.92. The number of aryl methyl sites for hydroxylation is 1. The summed E-state index contributed by atoms with van der Waals surface area (Å²) in [6, 6.07) is 1.79. The lowest BCUT2D eigenvalue weighted by Gasteiger charge is -2.10. The molecule has 2 aromatic rings. The molecule has 17 heavy (non-hydrogen) atoms. The molecule has 0 amide bonds. The van der Waals surface area contributed by atoms with E-state index < -0.39 is 0 Å². The van der Waals surface area contributed by atoms with Gasteiger partial charge in [0.15, 0.2) is 0 Å². The van der Waals surface area contributed by atoms with Crippen LogP contribution >= 0.6 is 12.2 Å². The Hall–Kier alpha value is -1.95. The lowest BCUT2D eigenvalue weighted by Crippen LogP contribution is -2.14. The number of rotatable bonds is 4. The van der Waals surface area contributed by atoms with Crippen molar-refractivity contribution in [3.8, 4) is 0 Å². The molecule has 3 N–H and O–H groups in total. The van der Waals surface area contributed by atoms with E-state index in [-0.39, 0.29) is 0 Å². The van der Waals surface area contributed by atoms with Crippen molar-refractivity contribution in [1.82, 2.24) is 14.5 Å². The molecule has 0 atom stereocenters. The SMILES string of the molecule is Cn1ccnc1CNc1cnccc1C(N)=S. The average Bonchev–Trinajstić information content (AvgIpc) is 2.72. The van der Waals surface area contributed by atoms with Crippen molar-refractivity contribution in [3.05, 3.63) is 42.2 Å². The molecule has 5 nitrogen and oxygen atoms in total. The third-order valence-electron chi connectivity index (χ3n) is 2.44. The second-order valence-electron chi connectivity index (χ2n) is 3.59. The normalized spacial score (nSPS) is 10.2. The first-order chi connectivity index (χ1) is 8.18. The van der Waals surface area contributed by atoms with E-state index in [1.807, 2.05) is 17.8 Å². The molecule has 0 bridgehead atoms. The molecule has 0 aliphatic carbocycles. The van der Waals surface area contributed by atoms with Crippen LogP contribution in [0.4, 0.5) is 5.69 Å². The van der Waals surface area contributed by atoms with Crippen molar-refractivity contribution in [2.45, 2.75) is 6.54 Å². The lowest BCUT2D eigenvalue weighted by atomic mass is 10.2. The van der Waals surface area contributed by atoms with Gasteiger partial charge < -0.3 is 15.6 Å². The number of anilines is 1. The molecule has 2 rings (SSSR count). The highest BCUT2D eigenvalue weighted by Gasteiger charge is 2.05. The molecule has 0 aromatic carbocycles. The maximum atomic E-state index is 5.64. The minimum Gasteiger partial charge on any atom is -0.389 e. The van der Waals surface area contributed by atoms with E-state index in [4.69, 9.17) is 18.0 Å². The van der Waals surface area contributed by atoms with Crippen LogP contribution in [0, 0.1) is 0 Å². The van der Waals surface area contributed by atoms with E-state index >= 15 is 0 Å². The van der Waals surface area contributed by atoms with E-state index in [0.29, 0.717) is 11.5 Å². The van der Waals surface area contributed by atoms with Gasteiger partial charge in [-0.2, -0.15) is 0 Å². The van der Waals surface area contributed by atoms with Crippen LogP contribution in [0.2, 0.25) is 0 Å². The van der Waals surface area contributed by atoms with Crippen LogP contribution in [0.5, 0.6) is 0 Å². The highest BCUT2D eigenvalue weighted by molar-refractivity contribution is 7.80. The molecule has 0 unspecified atom stereocenters. The Morgan fingerprint density at radius 3 is 3.00 bits per heavy atom. The summed E-state index contributed by atoms with van der Waals surface area (Å²) in [5.74, 6) is 0.933. The van der Waals surface area contributed by atoms with Crippen LogP contribution in [0.3, 0.4) is 0 Å². The molecule has 0 spiro atoms. The zero-order valence-electron chi connectivity index (χ0n) is 9.42. The van der Waals surface area contributed by atoms with E-state index in [1.54, 1.807) is 24.7 Å². The Bertz CT molecular complexity index is 534. The number of imidazole rings is 1. The van der Waals surface area contributed by atoms with Crippen LogP contribution in [0.15, 0.2) is 30.9 Å². The number of thiocarbonyl (C=S) groups is 1. The van der Waals surface area contributed by atoms with Gasteiger partial charge in [0.05, 0.1) is 18.4 Å². The van der Waals surface area contributed by atoms with Gasteiger partial charge in [0.2, 0.25) is 0 Å². The maximum absolute atomic E-state index is 5.64. The smallest absolute Gasteiger partial charge is 0.127 e. The number of nitrogens with zero attached hydrogens (tertiary/aromatic N) is 3. The topological polar surface area (TPSA) is 68.8 Å². The fourth-order valence-electron chi connectivity index (χ4n) is 1.49. The monoisotopic (exact) mass is 247 g/mol. The van der Waals surface area contributed by atoms with Crippen molar-refractivity contribution < 1.29 is 0 Å². The molecule has 0 radical (unpaired) electrons. The van der Waals surface area contributed by atoms with E-state index in [1.165, 1.54) is 0 Å². The van der Waals surface area contributed by atoms with Crippen molar-refractivity contribution in [3.63, 3.8) is 0 Å². The van der Waals surface area contributed by atoms with Crippen LogP contribution in [-0.2, 0) is 13.6 Å². The Morgan fingerprint density at radius 2 is 2.35 bits per heavy atom. The highest BCUT2D eigenvalue weighted by atomic mass is 32.1. The number of nitrogens with one attached hydrogen (secondary N) is 1. The number of aromatic nitrogens is 3. The number of hydrogen-bond acceptors (Lipinski definition) is 4. The first-order valence-corrected chi connectivity index (χ1v) is 5.53. The predicted molar refractivity (Wildman–Crippen MR) is 70.7 cm³/mol. The molecule has 0 saturated heterocycles. The third kappa shape index (κ3) is 2.59. The Morgan fingerprint density at radius 1 is 1.53 bits per heavy atom. The molecular weight excluding hydrogens is 234 g/mol. The zero-order chi connectivity index (χ0) is 12.3. The van der Waals surface area contributed by atoms with Crippen molar-refractivity contribution in [1.29, 1.82) is 0 Å². The first-order valence-electron chi connectivity index (χ1n) is 5.12. The van der Waals surface area contributed by atoms with Gasteiger partial charge in [-0.15, -0.1) is 0 Å². The van der Waals surface area contributed by atoms with E-state index in [0.717, 1.165) is 17.1 Å². The largest absolute Gasteiger partial charge is 0.389 e. The van der Waals surface area contributed by atoms with Gasteiger partial charge in [-0.1, -0.05) is 12.2 Å².